The maximum absolute atomic E-state index is 4.70. The highest BCUT2D eigenvalue weighted by atomic mass is 15.0. The van der Waals surface area contributed by atoms with E-state index in [4.69, 9.17) is 4.98 Å². The molecule has 0 aromatic carbocycles. The Morgan fingerprint density at radius 2 is 2.29 bits per heavy atom. The number of hydrogen-bond acceptors (Lipinski definition) is 3. The third kappa shape index (κ3) is 3.70. The van der Waals surface area contributed by atoms with Crippen LogP contribution in [0.1, 0.15) is 37.4 Å². The molecule has 2 N–H and O–H groups in total. The number of fused-ring (bicyclic) bond motifs is 1. The first kappa shape index (κ1) is 12.4. The summed E-state index contributed by atoms with van der Waals surface area (Å²) in [5, 5.41) is 6.74. The maximum Gasteiger partial charge on any atom is 0.129 e. The molecular formula is C14H23N3. The lowest BCUT2D eigenvalue weighted by Crippen LogP contribution is -2.15. The van der Waals surface area contributed by atoms with Crippen molar-refractivity contribution in [2.75, 3.05) is 25.0 Å². The van der Waals surface area contributed by atoms with E-state index in [2.05, 4.69) is 29.7 Å². The molecule has 0 radical (unpaired) electrons. The van der Waals surface area contributed by atoms with Crippen molar-refractivity contribution in [3.8, 4) is 0 Å². The van der Waals surface area contributed by atoms with Crippen LogP contribution in [0, 0.1) is 0 Å². The van der Waals surface area contributed by atoms with Gasteiger partial charge in [-0.2, -0.15) is 0 Å². The molecule has 0 bridgehead atoms. The van der Waals surface area contributed by atoms with Gasteiger partial charge in [-0.15, -0.1) is 0 Å². The van der Waals surface area contributed by atoms with Gasteiger partial charge >= 0.3 is 0 Å². The van der Waals surface area contributed by atoms with E-state index in [0.717, 1.165) is 31.9 Å². The van der Waals surface area contributed by atoms with E-state index in [0.29, 0.717) is 0 Å². The minimum atomic E-state index is 1.07. The van der Waals surface area contributed by atoms with Crippen LogP contribution in [-0.4, -0.2) is 24.6 Å². The summed E-state index contributed by atoms with van der Waals surface area (Å²) in [6.45, 7) is 5.42. The van der Waals surface area contributed by atoms with Crippen LogP contribution < -0.4 is 10.6 Å². The number of unbranched alkanes of at least 4 members (excludes halogenated alkanes) is 1. The van der Waals surface area contributed by atoms with Gasteiger partial charge in [-0.25, -0.2) is 4.98 Å². The summed E-state index contributed by atoms with van der Waals surface area (Å²) in [7, 11) is 0. The summed E-state index contributed by atoms with van der Waals surface area (Å²) in [5.41, 5.74) is 2.61. The number of aromatic nitrogens is 1. The van der Waals surface area contributed by atoms with E-state index in [1.165, 1.54) is 36.9 Å². The lowest BCUT2D eigenvalue weighted by atomic mass is 10.1. The van der Waals surface area contributed by atoms with Crippen molar-refractivity contribution in [3.63, 3.8) is 0 Å². The zero-order valence-corrected chi connectivity index (χ0v) is 10.8. The Hall–Kier alpha value is -1.09. The lowest BCUT2D eigenvalue weighted by molar-refractivity contribution is 0.636. The molecule has 1 aromatic heterocycles. The molecular weight excluding hydrogens is 210 g/mol. The second kappa shape index (κ2) is 6.60. The first-order chi connectivity index (χ1) is 8.40. The molecule has 0 spiro atoms. The largest absolute Gasteiger partial charge is 0.370 e. The summed E-state index contributed by atoms with van der Waals surface area (Å²) in [4.78, 5) is 4.70. The smallest absolute Gasteiger partial charge is 0.129 e. The van der Waals surface area contributed by atoms with E-state index in [1.54, 1.807) is 0 Å². The number of nitrogens with zero attached hydrogens (tertiary/aromatic N) is 1. The Morgan fingerprint density at radius 3 is 3.18 bits per heavy atom. The quantitative estimate of drug-likeness (QED) is 0.741. The average molecular weight is 233 g/mol. The van der Waals surface area contributed by atoms with Gasteiger partial charge in [0.1, 0.15) is 5.82 Å². The van der Waals surface area contributed by atoms with Crippen LogP contribution in [0.4, 0.5) is 5.82 Å². The van der Waals surface area contributed by atoms with Crippen LogP contribution in [0.5, 0.6) is 0 Å². The van der Waals surface area contributed by atoms with Crippen molar-refractivity contribution >= 4 is 5.82 Å². The van der Waals surface area contributed by atoms with Crippen molar-refractivity contribution < 1.29 is 0 Å². The Balaban J connectivity index is 1.81. The van der Waals surface area contributed by atoms with Gasteiger partial charge < -0.3 is 10.6 Å². The van der Waals surface area contributed by atoms with Crippen LogP contribution in [-0.2, 0) is 12.8 Å². The number of hydrogen-bond donors (Lipinski definition) is 2. The average Bonchev–Trinajstić information content (AvgIpc) is 2.38. The molecule has 2 rings (SSSR count). The van der Waals surface area contributed by atoms with E-state index in [-0.39, 0.29) is 0 Å². The first-order valence-electron chi connectivity index (χ1n) is 6.83. The lowest BCUT2D eigenvalue weighted by Gasteiger charge is -2.17. The Kier molecular flexibility index (Phi) is 4.80. The van der Waals surface area contributed by atoms with Gasteiger partial charge in [-0.3, -0.25) is 0 Å². The van der Waals surface area contributed by atoms with Crippen molar-refractivity contribution in [2.24, 2.45) is 0 Å². The first-order valence-corrected chi connectivity index (χ1v) is 6.83. The molecule has 1 aliphatic heterocycles. The third-order valence-electron chi connectivity index (χ3n) is 3.24. The molecule has 2 heterocycles. The third-order valence-corrected chi connectivity index (χ3v) is 3.24. The second-order valence-electron chi connectivity index (χ2n) is 4.65. The number of pyridine rings is 1. The minimum absolute atomic E-state index is 1.07. The molecule has 0 aliphatic carbocycles. The number of aryl methyl sites for hydroxylation is 2. The monoisotopic (exact) mass is 233 g/mol. The molecule has 17 heavy (non-hydrogen) atoms. The van der Waals surface area contributed by atoms with Gasteiger partial charge in [0.05, 0.1) is 0 Å². The normalized spacial score (nSPS) is 14.2. The van der Waals surface area contributed by atoms with E-state index >= 15 is 0 Å². The van der Waals surface area contributed by atoms with Gasteiger partial charge in [0.15, 0.2) is 0 Å². The van der Waals surface area contributed by atoms with Crippen LogP contribution in [0.25, 0.3) is 0 Å². The molecule has 0 atom stereocenters. The topological polar surface area (TPSA) is 37.0 Å². The summed E-state index contributed by atoms with van der Waals surface area (Å²) >= 11 is 0. The molecule has 3 nitrogen and oxygen atoms in total. The van der Waals surface area contributed by atoms with Crippen LogP contribution >= 0.6 is 0 Å². The van der Waals surface area contributed by atoms with Crippen LogP contribution in [0.2, 0.25) is 0 Å². The fraction of sp³-hybridized carbons (Fsp3) is 0.643. The second-order valence-corrected chi connectivity index (χ2v) is 4.65. The Morgan fingerprint density at radius 1 is 1.35 bits per heavy atom. The van der Waals surface area contributed by atoms with Gasteiger partial charge in [-0.1, -0.05) is 13.0 Å². The molecule has 0 fully saturated rings. The van der Waals surface area contributed by atoms with Gasteiger partial charge in [0.2, 0.25) is 0 Å². The molecule has 0 unspecified atom stereocenters. The van der Waals surface area contributed by atoms with Crippen molar-refractivity contribution in [1.82, 2.24) is 10.3 Å². The molecule has 1 aromatic rings. The summed E-state index contributed by atoms with van der Waals surface area (Å²) < 4.78 is 0. The zero-order valence-electron chi connectivity index (χ0n) is 10.8. The molecule has 3 heteroatoms. The minimum Gasteiger partial charge on any atom is -0.370 e. The standard InChI is InChI=1S/C14H23N3/c1-2-15-10-4-3-7-13-9-8-12-6-5-11-16-14(12)17-13/h8-9,15H,2-7,10-11H2,1H3,(H,16,17). The maximum atomic E-state index is 4.70. The van der Waals surface area contributed by atoms with Crippen LogP contribution in [0.15, 0.2) is 12.1 Å². The molecule has 94 valence electrons. The predicted molar refractivity (Wildman–Crippen MR) is 72.5 cm³/mol. The Bertz CT molecular complexity index is 349. The van der Waals surface area contributed by atoms with E-state index < -0.39 is 0 Å². The summed E-state index contributed by atoms with van der Waals surface area (Å²) in [6.07, 6.45) is 5.96. The summed E-state index contributed by atoms with van der Waals surface area (Å²) in [5.74, 6) is 1.13. The molecule has 1 aliphatic rings. The highest BCUT2D eigenvalue weighted by molar-refractivity contribution is 5.46. The molecule has 0 saturated carbocycles. The van der Waals surface area contributed by atoms with Gasteiger partial charge in [0, 0.05) is 12.2 Å². The van der Waals surface area contributed by atoms with E-state index in [1.807, 2.05) is 0 Å². The van der Waals surface area contributed by atoms with Crippen LogP contribution in [0.3, 0.4) is 0 Å². The highest BCUT2D eigenvalue weighted by Gasteiger charge is 2.09. The van der Waals surface area contributed by atoms with Gasteiger partial charge in [-0.05, 0) is 56.8 Å². The Labute approximate surface area is 104 Å². The number of nitrogens with one attached hydrogen (secondary N) is 2. The highest BCUT2D eigenvalue weighted by Crippen LogP contribution is 2.20. The van der Waals surface area contributed by atoms with Crippen molar-refractivity contribution in [1.29, 1.82) is 0 Å². The fourth-order valence-corrected chi connectivity index (χ4v) is 2.24. The van der Waals surface area contributed by atoms with Gasteiger partial charge in [0.25, 0.3) is 0 Å². The molecule has 0 saturated heterocycles. The number of rotatable bonds is 6. The summed E-state index contributed by atoms with van der Waals surface area (Å²) in [6, 6.07) is 4.44. The number of anilines is 1. The van der Waals surface area contributed by atoms with Crippen molar-refractivity contribution in [3.05, 3.63) is 23.4 Å². The SMILES string of the molecule is CCNCCCCc1ccc2c(n1)NCCC2. The van der Waals surface area contributed by atoms with E-state index in [9.17, 15) is 0 Å². The molecule has 0 amide bonds. The predicted octanol–water partition coefficient (Wildman–Crippen LogP) is 2.37. The van der Waals surface area contributed by atoms with Crippen molar-refractivity contribution in [2.45, 2.75) is 39.0 Å². The fourth-order valence-electron chi connectivity index (χ4n) is 2.24. The zero-order chi connectivity index (χ0) is 11.9.